The molecule has 1 aromatic rings. The van der Waals surface area contributed by atoms with Crippen molar-refractivity contribution in [2.24, 2.45) is 4.99 Å². The van der Waals surface area contributed by atoms with Crippen LogP contribution in [0.2, 0.25) is 5.02 Å². The highest BCUT2D eigenvalue weighted by Crippen LogP contribution is 2.22. The molecule has 0 bridgehead atoms. The molecule has 1 aromatic carbocycles. The second-order valence-corrected chi connectivity index (χ2v) is 7.16. The van der Waals surface area contributed by atoms with Crippen LogP contribution in [0.4, 0.5) is 0 Å². The Bertz CT molecular complexity index is 569. The van der Waals surface area contributed by atoms with Crippen molar-refractivity contribution < 1.29 is 4.74 Å². The molecule has 140 valence electrons. The van der Waals surface area contributed by atoms with Crippen molar-refractivity contribution >= 4 is 17.6 Å². The number of ether oxygens (including phenoxy) is 1. The molecule has 0 atom stereocenters. The van der Waals surface area contributed by atoms with Crippen LogP contribution in [0.5, 0.6) is 5.75 Å². The maximum absolute atomic E-state index is 6.29. The molecule has 0 saturated carbocycles. The molecule has 1 aliphatic heterocycles. The number of nitrogens with zero attached hydrogens (tertiary/aromatic N) is 2. The quantitative estimate of drug-likeness (QED) is 0.600. The van der Waals surface area contributed by atoms with Crippen LogP contribution in [0.15, 0.2) is 23.2 Å². The third-order valence-corrected chi connectivity index (χ3v) is 5.12. The van der Waals surface area contributed by atoms with Gasteiger partial charge in [0.05, 0.1) is 7.11 Å². The first-order valence-electron chi connectivity index (χ1n) is 9.07. The second-order valence-electron chi connectivity index (χ2n) is 6.75. The Labute approximate surface area is 156 Å². The molecule has 0 unspecified atom stereocenters. The fourth-order valence-corrected chi connectivity index (χ4v) is 3.39. The molecular weight excluding hydrogens is 336 g/mol. The molecule has 2 rings (SSSR count). The average molecular weight is 367 g/mol. The van der Waals surface area contributed by atoms with E-state index in [1.807, 2.05) is 25.2 Å². The highest BCUT2D eigenvalue weighted by molar-refractivity contribution is 6.31. The monoisotopic (exact) mass is 366 g/mol. The van der Waals surface area contributed by atoms with Gasteiger partial charge in [0.1, 0.15) is 5.75 Å². The normalized spacial score (nSPS) is 17.0. The third kappa shape index (κ3) is 6.08. The van der Waals surface area contributed by atoms with Crippen molar-refractivity contribution in [1.82, 2.24) is 15.5 Å². The van der Waals surface area contributed by atoms with Crippen LogP contribution in [0, 0.1) is 0 Å². The van der Waals surface area contributed by atoms with Gasteiger partial charge in [0.2, 0.25) is 0 Å². The van der Waals surface area contributed by atoms with Gasteiger partial charge in [-0.25, -0.2) is 0 Å². The van der Waals surface area contributed by atoms with Crippen molar-refractivity contribution in [1.29, 1.82) is 0 Å². The molecule has 0 radical (unpaired) electrons. The van der Waals surface area contributed by atoms with Crippen molar-refractivity contribution in [2.75, 3.05) is 33.8 Å². The van der Waals surface area contributed by atoms with E-state index in [1.54, 1.807) is 7.11 Å². The Hall–Kier alpha value is -1.46. The fraction of sp³-hybridized carbons (Fsp3) is 0.632. The maximum Gasteiger partial charge on any atom is 0.191 e. The van der Waals surface area contributed by atoms with Gasteiger partial charge >= 0.3 is 0 Å². The van der Waals surface area contributed by atoms with E-state index in [0.29, 0.717) is 12.1 Å². The Kier molecular flexibility index (Phi) is 7.85. The van der Waals surface area contributed by atoms with E-state index in [-0.39, 0.29) is 0 Å². The SMILES string of the molecule is CN=C(NCCc1ccc(OC)cc1Cl)NC1CCN(C(C)C)CC1. The van der Waals surface area contributed by atoms with Gasteiger partial charge in [0.15, 0.2) is 5.96 Å². The molecule has 0 aromatic heterocycles. The lowest BCUT2D eigenvalue weighted by atomic mass is 10.0. The Morgan fingerprint density at radius 1 is 1.36 bits per heavy atom. The summed E-state index contributed by atoms with van der Waals surface area (Å²) in [7, 11) is 3.47. The van der Waals surface area contributed by atoms with E-state index in [0.717, 1.165) is 61.2 Å². The minimum Gasteiger partial charge on any atom is -0.497 e. The first kappa shape index (κ1) is 19.9. The molecule has 2 N–H and O–H groups in total. The van der Waals surface area contributed by atoms with Crippen LogP contribution in [0.3, 0.4) is 0 Å². The van der Waals surface area contributed by atoms with Crippen molar-refractivity contribution in [3.05, 3.63) is 28.8 Å². The largest absolute Gasteiger partial charge is 0.497 e. The number of hydrogen-bond donors (Lipinski definition) is 2. The number of methoxy groups -OCH3 is 1. The van der Waals surface area contributed by atoms with E-state index in [1.165, 1.54) is 0 Å². The summed E-state index contributed by atoms with van der Waals surface area (Å²) in [6, 6.07) is 6.93. The highest BCUT2D eigenvalue weighted by atomic mass is 35.5. The summed E-state index contributed by atoms with van der Waals surface area (Å²) in [5, 5.41) is 7.67. The zero-order chi connectivity index (χ0) is 18.2. The average Bonchev–Trinajstić information content (AvgIpc) is 2.62. The zero-order valence-electron chi connectivity index (χ0n) is 15.8. The molecule has 5 nitrogen and oxygen atoms in total. The molecule has 1 saturated heterocycles. The van der Waals surface area contributed by atoms with E-state index in [2.05, 4.69) is 34.4 Å². The second kappa shape index (κ2) is 9.88. The smallest absolute Gasteiger partial charge is 0.191 e. The van der Waals surface area contributed by atoms with Gasteiger partial charge in [-0.15, -0.1) is 0 Å². The lowest BCUT2D eigenvalue weighted by molar-refractivity contribution is 0.167. The minimum atomic E-state index is 0.491. The molecule has 25 heavy (non-hydrogen) atoms. The van der Waals surface area contributed by atoms with Crippen molar-refractivity contribution in [3.8, 4) is 5.75 Å². The first-order valence-corrected chi connectivity index (χ1v) is 9.45. The highest BCUT2D eigenvalue weighted by Gasteiger charge is 2.21. The van der Waals surface area contributed by atoms with Gasteiger partial charge in [-0.2, -0.15) is 0 Å². The standard InChI is InChI=1S/C19H31ClN4O/c1-14(2)24-11-8-16(9-12-24)23-19(21-3)22-10-7-15-5-6-17(25-4)13-18(15)20/h5-6,13-14,16H,7-12H2,1-4H3,(H2,21,22,23). The first-order chi connectivity index (χ1) is 12.0. The van der Waals surface area contributed by atoms with Gasteiger partial charge in [-0.1, -0.05) is 17.7 Å². The van der Waals surface area contributed by atoms with Crippen molar-refractivity contribution in [2.45, 2.75) is 45.2 Å². The summed E-state index contributed by atoms with van der Waals surface area (Å²) in [5.74, 6) is 1.65. The summed E-state index contributed by atoms with van der Waals surface area (Å²) in [6.45, 7) is 7.61. The van der Waals surface area contributed by atoms with Crippen LogP contribution in [0.25, 0.3) is 0 Å². The molecule has 1 heterocycles. The Morgan fingerprint density at radius 3 is 2.64 bits per heavy atom. The van der Waals surface area contributed by atoms with E-state index in [9.17, 15) is 0 Å². The fourth-order valence-electron chi connectivity index (χ4n) is 3.12. The van der Waals surface area contributed by atoms with E-state index in [4.69, 9.17) is 16.3 Å². The number of rotatable bonds is 6. The number of likely N-dealkylation sites (tertiary alicyclic amines) is 1. The predicted octanol–water partition coefficient (Wildman–Crippen LogP) is 2.93. The molecule has 1 fully saturated rings. The summed E-state index contributed by atoms with van der Waals surface area (Å²) >= 11 is 6.29. The summed E-state index contributed by atoms with van der Waals surface area (Å²) in [4.78, 5) is 6.87. The molecule has 0 spiro atoms. The molecule has 1 aliphatic rings. The van der Waals surface area contributed by atoms with Crippen LogP contribution < -0.4 is 15.4 Å². The molecule has 0 aliphatic carbocycles. The van der Waals surface area contributed by atoms with Crippen LogP contribution in [0.1, 0.15) is 32.3 Å². The van der Waals surface area contributed by atoms with E-state index >= 15 is 0 Å². The van der Waals surface area contributed by atoms with E-state index < -0.39 is 0 Å². The molecule has 6 heteroatoms. The van der Waals surface area contributed by atoms with Crippen LogP contribution in [-0.4, -0.2) is 56.7 Å². The number of benzene rings is 1. The Morgan fingerprint density at radius 2 is 2.08 bits per heavy atom. The van der Waals surface area contributed by atoms with Gasteiger partial charge in [0.25, 0.3) is 0 Å². The van der Waals surface area contributed by atoms with Gasteiger partial charge in [-0.05, 0) is 50.8 Å². The van der Waals surface area contributed by atoms with Gasteiger partial charge in [-0.3, -0.25) is 4.99 Å². The number of guanidine groups is 1. The number of nitrogens with one attached hydrogen (secondary N) is 2. The van der Waals surface area contributed by atoms with Gasteiger partial charge in [0, 0.05) is 43.8 Å². The number of piperidine rings is 1. The lowest BCUT2D eigenvalue weighted by Gasteiger charge is -2.35. The van der Waals surface area contributed by atoms with Gasteiger partial charge < -0.3 is 20.3 Å². The van der Waals surface area contributed by atoms with Crippen LogP contribution >= 0.6 is 11.6 Å². The predicted molar refractivity (Wildman–Crippen MR) is 106 cm³/mol. The lowest BCUT2D eigenvalue weighted by Crippen LogP contribution is -2.50. The van der Waals surface area contributed by atoms with Crippen molar-refractivity contribution in [3.63, 3.8) is 0 Å². The maximum atomic E-state index is 6.29. The topological polar surface area (TPSA) is 48.9 Å². The third-order valence-electron chi connectivity index (χ3n) is 4.77. The van der Waals surface area contributed by atoms with Crippen LogP contribution in [-0.2, 0) is 6.42 Å². The summed E-state index contributed by atoms with van der Waals surface area (Å²) in [6.07, 6.45) is 3.15. The number of halogens is 1. The molecular formula is C19H31ClN4O. The zero-order valence-corrected chi connectivity index (χ0v) is 16.6. The minimum absolute atomic E-state index is 0.491. The molecule has 0 amide bonds. The summed E-state index contributed by atoms with van der Waals surface area (Å²) < 4.78 is 5.18. The summed E-state index contributed by atoms with van der Waals surface area (Å²) in [5.41, 5.74) is 1.11. The number of hydrogen-bond acceptors (Lipinski definition) is 3. The number of aliphatic imine (C=N–C) groups is 1. The Balaban J connectivity index is 1.76.